The highest BCUT2D eigenvalue weighted by Gasteiger charge is 2.55. The average Bonchev–Trinajstić information content (AvgIpc) is 1.90. The Morgan fingerprint density at radius 1 is 0.419 bits per heavy atom. The number of halogens is 18. The second-order valence-electron chi connectivity index (χ2n) is 16.3. The number of hydrogen-bond acceptors (Lipinski definition) is 25. The van der Waals surface area contributed by atoms with Crippen molar-refractivity contribution in [3.63, 3.8) is 0 Å². The van der Waals surface area contributed by atoms with Gasteiger partial charge in [0.2, 0.25) is 0 Å². The van der Waals surface area contributed by atoms with Crippen molar-refractivity contribution in [3.8, 4) is 0 Å². The maximum absolute atomic E-state index is 11.3. The van der Waals surface area contributed by atoms with E-state index in [1.165, 1.54) is 0 Å². The number of azide groups is 1. The van der Waals surface area contributed by atoms with E-state index in [2.05, 4.69) is 10.0 Å². The van der Waals surface area contributed by atoms with E-state index in [1.807, 2.05) is 0 Å². The molecule has 19 atom stereocenters. The molecule has 33 nitrogen and oxygen atoms in total. The lowest BCUT2D eigenvalue weighted by molar-refractivity contribution is -0.306. The Labute approximate surface area is 462 Å². The summed E-state index contributed by atoms with van der Waals surface area (Å²) in [6.07, 6.45) is -50.5. The average molecular weight is 1320 g/mol. The van der Waals surface area contributed by atoms with E-state index in [1.54, 1.807) is 0 Å². The van der Waals surface area contributed by atoms with Crippen LogP contribution in [0.3, 0.4) is 0 Å². The van der Waals surface area contributed by atoms with Crippen LogP contribution in [-0.2, 0) is 57.2 Å². The highest BCUT2D eigenvalue weighted by atomic mass is 19.4. The van der Waals surface area contributed by atoms with Gasteiger partial charge < -0.3 is 124 Å². The Balaban J connectivity index is -0.00000131. The molecule has 86 heavy (non-hydrogen) atoms. The van der Waals surface area contributed by atoms with Crippen LogP contribution < -0.4 is 34.4 Å². The van der Waals surface area contributed by atoms with E-state index in [-0.39, 0.29) is 26.1 Å². The van der Waals surface area contributed by atoms with Gasteiger partial charge in [-0.25, -0.2) is 28.8 Å². The van der Waals surface area contributed by atoms with Crippen LogP contribution in [0.25, 0.3) is 10.4 Å². The first-order chi connectivity index (χ1) is 38.5. The highest BCUT2D eigenvalue weighted by Crippen LogP contribution is 2.35. The third-order valence-corrected chi connectivity index (χ3v) is 9.97. The van der Waals surface area contributed by atoms with Crippen molar-refractivity contribution >= 4 is 35.8 Å². The Hall–Kier alpha value is -5.85. The lowest BCUT2D eigenvalue weighted by atomic mass is 9.84. The lowest BCUT2D eigenvalue weighted by Crippen LogP contribution is -2.68. The molecular weight excluding hydrogens is 1270 g/mol. The van der Waals surface area contributed by atoms with E-state index >= 15 is 0 Å². The van der Waals surface area contributed by atoms with Gasteiger partial charge in [0.15, 0.2) is 18.9 Å². The van der Waals surface area contributed by atoms with Gasteiger partial charge in [0.1, 0.15) is 61.0 Å². The normalized spacial score (nSPS) is 31.9. The minimum Gasteiger partial charge on any atom is -0.475 e. The van der Waals surface area contributed by atoms with Gasteiger partial charge in [-0.1, -0.05) is 5.11 Å². The number of carbonyl (C=O) groups is 6. The monoisotopic (exact) mass is 1320 g/mol. The molecule has 1 aliphatic carbocycles. The molecule has 0 aromatic heterocycles. The maximum atomic E-state index is 11.3. The number of hydrogen-bond donors (Lipinski definition) is 18. The summed E-state index contributed by atoms with van der Waals surface area (Å²) < 4.78 is 225. The van der Waals surface area contributed by atoms with Crippen molar-refractivity contribution in [2.75, 3.05) is 19.6 Å². The Morgan fingerprint density at radius 2 is 0.674 bits per heavy atom. The number of aliphatic hydroxyl groups is 6. The first-order valence-electron chi connectivity index (χ1n) is 21.8. The van der Waals surface area contributed by atoms with Gasteiger partial charge in [0, 0.05) is 30.1 Å². The second-order valence-corrected chi connectivity index (χ2v) is 16.3. The zero-order valence-electron chi connectivity index (χ0n) is 41.7. The van der Waals surface area contributed by atoms with Crippen molar-refractivity contribution in [1.82, 2.24) is 0 Å². The van der Waals surface area contributed by atoms with Crippen LogP contribution in [0.1, 0.15) is 6.42 Å². The summed E-state index contributed by atoms with van der Waals surface area (Å²) in [7, 11) is 0. The van der Waals surface area contributed by atoms with E-state index in [0.29, 0.717) is 0 Å². The van der Waals surface area contributed by atoms with Gasteiger partial charge in [-0.3, -0.25) is 0 Å². The summed E-state index contributed by atoms with van der Waals surface area (Å²) in [6.45, 7) is -0.690. The molecule has 4 aliphatic rings. The molecule has 0 bridgehead atoms. The topological polar surface area (TPSA) is 605 Å². The van der Waals surface area contributed by atoms with Crippen molar-refractivity contribution in [1.29, 1.82) is 0 Å². The maximum Gasteiger partial charge on any atom is 0.490 e. The molecule has 3 saturated heterocycles. The Kier molecular flexibility index (Phi) is 34.6. The molecule has 506 valence electrons. The third kappa shape index (κ3) is 29.2. The minimum atomic E-state index is -5.08. The van der Waals surface area contributed by atoms with Crippen LogP contribution in [0, 0.1) is 0 Å². The first-order valence-corrected chi connectivity index (χ1v) is 21.8. The molecule has 1 saturated carbocycles. The van der Waals surface area contributed by atoms with Crippen molar-refractivity contribution < 1.29 is 197 Å². The van der Waals surface area contributed by atoms with Crippen molar-refractivity contribution in [3.05, 3.63) is 10.4 Å². The van der Waals surface area contributed by atoms with Gasteiger partial charge in [0.05, 0.1) is 30.8 Å². The first kappa shape index (κ1) is 84.4. The summed E-state index contributed by atoms with van der Waals surface area (Å²) in [6, 6.07) is -4.26. The van der Waals surface area contributed by atoms with Gasteiger partial charge in [0.25, 0.3) is 0 Å². The van der Waals surface area contributed by atoms with Gasteiger partial charge in [-0.15, -0.1) is 0 Å². The predicted octanol–water partition coefficient (Wildman–Crippen LogP) is -3.78. The zero-order valence-corrected chi connectivity index (χ0v) is 41.7. The predicted molar refractivity (Wildman–Crippen MR) is 227 cm³/mol. The Bertz CT molecular complexity index is 2000. The number of nitrogens with zero attached hydrogens (tertiary/aromatic N) is 3. The molecule has 0 unspecified atom stereocenters. The molecule has 0 aromatic carbocycles. The lowest BCUT2D eigenvalue weighted by Gasteiger charge is -2.47. The SMILES string of the molecule is O=C(O)C(F)(F)F.O=C(O)C(F)(F)F.O=C(O)C(F)(F)F.O=C(O)C(F)(F)F.O=C(O)C(F)(F)F.O=C(O)C(F)(F)F.[N-]=[N+]=NC[C@H]1O[C@@H](O[C@@H]2[C@@H](O)[C@H](N)C[C@H](N)[C@H]2O[C@H]2O[C@H](CN)[C@@H](O)[C@H](O)[C@H]2N)[C@H](O)[C@@H]1O[C@H]1O[C@@H](CN)[C@@H](O)[C@H](O)[C@H]1N. The molecule has 0 radical (unpaired) electrons. The number of aliphatic hydroxyl groups excluding tert-OH is 6. The fourth-order valence-electron chi connectivity index (χ4n) is 5.86. The number of nitrogens with two attached hydrogens (primary N) is 6. The molecule has 4 fully saturated rings. The van der Waals surface area contributed by atoms with E-state index < -0.39 is 189 Å². The van der Waals surface area contributed by atoms with Gasteiger partial charge >= 0.3 is 72.9 Å². The molecule has 0 amide bonds. The van der Waals surface area contributed by atoms with Crippen LogP contribution in [-0.4, -0.2) is 270 Å². The fourth-order valence-corrected chi connectivity index (χ4v) is 5.86. The standard InChI is InChI=1S/C23H45N9O12.6C2HF3O2/c24-2-7-13(34)15(36)10(28)21(39-7)42-18-6(27)1-5(26)12(33)20(18)44-23-17(38)19(9(41-23)4-31-32-30)43-22-11(29)16(37)14(35)8(3-25)40-22;6*3-2(4,5)1(6)7/h5-23,33-38H,1-4,24-29H2;6*(H,6,7)/t5-,6+,7-,8+,9-,10-,11-,12+,13-,14-,15-,16-,17-,18-,19-,20-,21-,22-,23+;;;;;;/m1....../s1. The fraction of sp³-hybridized carbons (Fsp3) is 0.829. The summed E-state index contributed by atoms with van der Waals surface area (Å²) >= 11 is 0. The number of aliphatic carboxylic acids is 6. The van der Waals surface area contributed by atoms with Crippen LogP contribution in [0.15, 0.2) is 5.11 Å². The summed E-state index contributed by atoms with van der Waals surface area (Å²) in [4.78, 5) is 56.1. The van der Waals surface area contributed by atoms with Crippen LogP contribution in [0.2, 0.25) is 0 Å². The molecule has 24 N–H and O–H groups in total. The number of carboxylic acids is 6. The van der Waals surface area contributed by atoms with Gasteiger partial charge in [-0.2, -0.15) is 79.0 Å². The van der Waals surface area contributed by atoms with E-state index in [9.17, 15) is 110 Å². The highest BCUT2D eigenvalue weighted by molar-refractivity contribution is 5.74. The zero-order chi connectivity index (χ0) is 68.9. The molecule has 0 aromatic rings. The van der Waals surface area contributed by atoms with E-state index in [0.717, 1.165) is 0 Å². The Morgan fingerprint density at radius 3 is 0.930 bits per heavy atom. The molecule has 4 rings (SSSR count). The van der Waals surface area contributed by atoms with Crippen molar-refractivity contribution in [2.24, 2.45) is 39.5 Å². The number of alkyl halides is 18. The second kappa shape index (κ2) is 35.2. The summed E-state index contributed by atoms with van der Waals surface area (Å²) in [5.74, 6) is -16.5. The van der Waals surface area contributed by atoms with Crippen LogP contribution in [0.4, 0.5) is 79.0 Å². The summed E-state index contributed by atoms with van der Waals surface area (Å²) in [5, 5.41) is 110. The largest absolute Gasteiger partial charge is 0.490 e. The summed E-state index contributed by atoms with van der Waals surface area (Å²) in [5.41, 5.74) is 44.7. The molecule has 0 spiro atoms. The number of ether oxygens (including phenoxy) is 6. The van der Waals surface area contributed by atoms with E-state index in [4.69, 9.17) is 128 Å². The van der Waals surface area contributed by atoms with Gasteiger partial charge in [-0.05, 0) is 12.0 Å². The van der Waals surface area contributed by atoms with Crippen LogP contribution >= 0.6 is 0 Å². The molecule has 3 heterocycles. The number of carboxylic acid groups (broad SMARTS) is 6. The number of rotatable bonds is 10. The molecule has 3 aliphatic heterocycles. The smallest absolute Gasteiger partial charge is 0.475 e. The minimum absolute atomic E-state index is 0.0753. The van der Waals surface area contributed by atoms with Crippen LogP contribution in [0.5, 0.6) is 0 Å². The molecular formula is C35H51F18N9O24. The van der Waals surface area contributed by atoms with Crippen molar-refractivity contribution in [2.45, 2.75) is 160 Å². The quantitative estimate of drug-likeness (QED) is 0.0432. The molecule has 51 heteroatoms. The third-order valence-electron chi connectivity index (χ3n) is 9.97.